The molecule has 0 unspecified atom stereocenters. The number of rotatable bonds is 4. The lowest BCUT2D eigenvalue weighted by molar-refractivity contribution is 0.147. The van der Waals surface area contributed by atoms with Crippen molar-refractivity contribution in [2.24, 2.45) is 7.05 Å². The number of hydrogen-bond donors (Lipinski definition) is 1. The molecule has 3 heterocycles. The number of aromatic nitrogens is 3. The van der Waals surface area contributed by atoms with Gasteiger partial charge >= 0.3 is 6.03 Å². The highest BCUT2D eigenvalue weighted by Gasteiger charge is 2.29. The molecule has 0 aromatic carbocycles. The summed E-state index contributed by atoms with van der Waals surface area (Å²) in [5.41, 5.74) is 2.04. The molecule has 0 spiro atoms. The van der Waals surface area contributed by atoms with Gasteiger partial charge in [-0.3, -0.25) is 4.68 Å². The maximum absolute atomic E-state index is 12.6. The number of thiazole rings is 1. The molecule has 1 aliphatic heterocycles. The Bertz CT molecular complexity index is 665. The van der Waals surface area contributed by atoms with Crippen molar-refractivity contribution in [1.29, 1.82) is 0 Å². The number of nitrogens with zero attached hydrogens (tertiary/aromatic N) is 4. The number of carbonyl (C=O) groups excluding carboxylic acids is 1. The molecule has 23 heavy (non-hydrogen) atoms. The van der Waals surface area contributed by atoms with Crippen LogP contribution in [0, 0.1) is 0 Å². The van der Waals surface area contributed by atoms with E-state index in [1.54, 1.807) is 17.5 Å². The quantitative estimate of drug-likeness (QED) is 0.936. The normalized spacial score (nSPS) is 18.2. The van der Waals surface area contributed by atoms with Crippen molar-refractivity contribution in [2.75, 3.05) is 6.54 Å². The lowest BCUT2D eigenvalue weighted by Gasteiger charge is -2.35. The molecule has 1 N–H and O–H groups in total. The SMILES string of the molecule is CCc1nc(CNC(=O)N2CCCC[C@@H]2c2ccnn2C)cs1. The first-order valence-electron chi connectivity index (χ1n) is 8.14. The van der Waals surface area contributed by atoms with Crippen LogP contribution >= 0.6 is 11.3 Å². The predicted octanol–water partition coefficient (Wildman–Crippen LogP) is 2.88. The molecule has 7 heteroatoms. The average Bonchev–Trinajstić information content (AvgIpc) is 3.21. The fraction of sp³-hybridized carbons (Fsp3) is 0.562. The second-order valence-electron chi connectivity index (χ2n) is 5.83. The minimum absolute atomic E-state index is 0.0121. The first-order valence-corrected chi connectivity index (χ1v) is 9.02. The Morgan fingerprint density at radius 2 is 2.35 bits per heavy atom. The number of hydrogen-bond acceptors (Lipinski definition) is 4. The van der Waals surface area contributed by atoms with E-state index >= 15 is 0 Å². The summed E-state index contributed by atoms with van der Waals surface area (Å²) in [5, 5.41) is 10.4. The predicted molar refractivity (Wildman–Crippen MR) is 90.2 cm³/mol. The standard InChI is InChI=1S/C16H23N5OS/c1-3-15-19-12(11-23-15)10-17-16(22)21-9-5-4-6-14(21)13-7-8-18-20(13)2/h7-8,11,14H,3-6,9-10H2,1-2H3,(H,17,22)/t14-/m1/s1. The molecule has 1 aliphatic rings. The summed E-state index contributed by atoms with van der Waals surface area (Å²) in [5.74, 6) is 0. The topological polar surface area (TPSA) is 63.1 Å². The van der Waals surface area contributed by atoms with Crippen LogP contribution in [0.25, 0.3) is 0 Å². The first-order chi connectivity index (χ1) is 11.2. The monoisotopic (exact) mass is 333 g/mol. The van der Waals surface area contributed by atoms with Gasteiger partial charge in [-0.15, -0.1) is 11.3 Å². The largest absolute Gasteiger partial charge is 0.332 e. The highest BCUT2D eigenvalue weighted by molar-refractivity contribution is 7.09. The Morgan fingerprint density at radius 1 is 1.48 bits per heavy atom. The fourth-order valence-corrected chi connectivity index (χ4v) is 3.80. The molecule has 0 radical (unpaired) electrons. The zero-order valence-electron chi connectivity index (χ0n) is 13.7. The Kier molecular flexibility index (Phi) is 4.95. The van der Waals surface area contributed by atoms with Crippen molar-refractivity contribution in [3.63, 3.8) is 0 Å². The molecule has 3 rings (SSSR count). The Morgan fingerprint density at radius 3 is 3.04 bits per heavy atom. The number of carbonyl (C=O) groups is 1. The van der Waals surface area contributed by atoms with Gasteiger partial charge in [0.15, 0.2) is 0 Å². The van der Waals surface area contributed by atoms with Gasteiger partial charge in [-0.2, -0.15) is 5.10 Å². The van der Waals surface area contributed by atoms with E-state index in [0.717, 1.165) is 48.6 Å². The molecule has 1 fully saturated rings. The molecule has 124 valence electrons. The molecule has 1 atom stereocenters. The summed E-state index contributed by atoms with van der Waals surface area (Å²) in [4.78, 5) is 19.1. The molecular weight excluding hydrogens is 310 g/mol. The van der Waals surface area contributed by atoms with E-state index in [-0.39, 0.29) is 12.1 Å². The molecule has 2 aromatic rings. The van der Waals surface area contributed by atoms with E-state index in [0.29, 0.717) is 6.54 Å². The summed E-state index contributed by atoms with van der Waals surface area (Å²) < 4.78 is 1.87. The van der Waals surface area contributed by atoms with E-state index in [4.69, 9.17) is 0 Å². The zero-order valence-corrected chi connectivity index (χ0v) is 14.5. The average molecular weight is 333 g/mol. The summed E-state index contributed by atoms with van der Waals surface area (Å²) in [6.07, 6.45) is 5.92. The van der Waals surface area contributed by atoms with Crippen LogP contribution in [0.2, 0.25) is 0 Å². The summed E-state index contributed by atoms with van der Waals surface area (Å²) in [6, 6.07) is 2.10. The van der Waals surface area contributed by atoms with Crippen molar-refractivity contribution in [2.45, 2.75) is 45.2 Å². The third kappa shape index (κ3) is 3.55. The number of nitrogens with one attached hydrogen (secondary N) is 1. The third-order valence-electron chi connectivity index (χ3n) is 4.29. The van der Waals surface area contributed by atoms with E-state index < -0.39 is 0 Å². The summed E-state index contributed by atoms with van der Waals surface area (Å²) in [7, 11) is 1.93. The molecule has 6 nitrogen and oxygen atoms in total. The van der Waals surface area contributed by atoms with E-state index in [1.165, 1.54) is 0 Å². The lowest BCUT2D eigenvalue weighted by Crippen LogP contribution is -2.44. The van der Waals surface area contributed by atoms with Crippen molar-refractivity contribution in [1.82, 2.24) is 25.0 Å². The molecule has 0 saturated carbocycles. The molecule has 0 aliphatic carbocycles. The van der Waals surface area contributed by atoms with Crippen molar-refractivity contribution in [3.05, 3.63) is 34.0 Å². The van der Waals surface area contributed by atoms with Crippen LogP contribution < -0.4 is 5.32 Å². The summed E-state index contributed by atoms with van der Waals surface area (Å²) in [6.45, 7) is 3.37. The van der Waals surface area contributed by atoms with Crippen molar-refractivity contribution < 1.29 is 4.79 Å². The van der Waals surface area contributed by atoms with Crippen LogP contribution in [0.1, 0.15) is 48.6 Å². The number of piperidine rings is 1. The smallest absolute Gasteiger partial charge is 0.318 e. The maximum Gasteiger partial charge on any atom is 0.318 e. The van der Waals surface area contributed by atoms with Gasteiger partial charge in [0.05, 0.1) is 29.0 Å². The van der Waals surface area contributed by atoms with E-state index in [1.807, 2.05) is 28.1 Å². The second-order valence-corrected chi connectivity index (χ2v) is 6.77. The Balaban J connectivity index is 1.65. The van der Waals surface area contributed by atoms with Gasteiger partial charge in [-0.05, 0) is 31.7 Å². The number of likely N-dealkylation sites (tertiary alicyclic amines) is 1. The van der Waals surface area contributed by atoms with Gasteiger partial charge in [-0.25, -0.2) is 9.78 Å². The van der Waals surface area contributed by atoms with Gasteiger partial charge in [0, 0.05) is 25.2 Å². The van der Waals surface area contributed by atoms with Crippen LogP contribution in [0.5, 0.6) is 0 Å². The van der Waals surface area contributed by atoms with E-state index in [2.05, 4.69) is 22.3 Å². The zero-order chi connectivity index (χ0) is 16.2. The molecule has 0 bridgehead atoms. The van der Waals surface area contributed by atoms with Crippen LogP contribution in [0.4, 0.5) is 4.79 Å². The van der Waals surface area contributed by atoms with Crippen LogP contribution in [-0.2, 0) is 20.0 Å². The minimum atomic E-state index is -0.0121. The van der Waals surface area contributed by atoms with Gasteiger partial charge in [0.2, 0.25) is 0 Å². The Hall–Kier alpha value is -1.89. The maximum atomic E-state index is 12.6. The van der Waals surface area contributed by atoms with Gasteiger partial charge in [0.25, 0.3) is 0 Å². The number of amides is 2. The van der Waals surface area contributed by atoms with Gasteiger partial charge < -0.3 is 10.2 Å². The van der Waals surface area contributed by atoms with Crippen LogP contribution in [0.15, 0.2) is 17.6 Å². The second kappa shape index (κ2) is 7.12. The third-order valence-corrected chi connectivity index (χ3v) is 5.33. The van der Waals surface area contributed by atoms with Crippen LogP contribution in [-0.4, -0.2) is 32.2 Å². The fourth-order valence-electron chi connectivity index (χ4n) is 3.05. The van der Waals surface area contributed by atoms with Crippen molar-refractivity contribution >= 4 is 17.4 Å². The molecule has 1 saturated heterocycles. The molecule has 2 aromatic heterocycles. The summed E-state index contributed by atoms with van der Waals surface area (Å²) >= 11 is 1.65. The van der Waals surface area contributed by atoms with Crippen molar-refractivity contribution in [3.8, 4) is 0 Å². The number of aryl methyl sites for hydroxylation is 2. The van der Waals surface area contributed by atoms with Gasteiger partial charge in [-0.1, -0.05) is 6.92 Å². The molecular formula is C16H23N5OS. The highest BCUT2D eigenvalue weighted by atomic mass is 32.1. The van der Waals surface area contributed by atoms with E-state index in [9.17, 15) is 4.79 Å². The first kappa shape index (κ1) is 16.0. The Labute approximate surface area is 140 Å². The van der Waals surface area contributed by atoms with Crippen LogP contribution in [0.3, 0.4) is 0 Å². The minimum Gasteiger partial charge on any atom is -0.332 e. The molecule has 2 amide bonds. The number of urea groups is 1. The lowest BCUT2D eigenvalue weighted by atomic mass is 10.00. The highest BCUT2D eigenvalue weighted by Crippen LogP contribution is 2.30. The van der Waals surface area contributed by atoms with Gasteiger partial charge in [0.1, 0.15) is 0 Å².